The van der Waals surface area contributed by atoms with Crippen LogP contribution in [0.15, 0.2) is 18.2 Å². The smallest absolute Gasteiger partial charge is 0.292 e. The Labute approximate surface area is 113 Å². The van der Waals surface area contributed by atoms with E-state index in [9.17, 15) is 10.1 Å². The van der Waals surface area contributed by atoms with Crippen LogP contribution >= 0.6 is 0 Å². The van der Waals surface area contributed by atoms with Crippen molar-refractivity contribution in [3.8, 4) is 0 Å². The van der Waals surface area contributed by atoms with E-state index in [0.717, 1.165) is 24.7 Å². The highest BCUT2D eigenvalue weighted by atomic mass is 16.6. The lowest BCUT2D eigenvalue weighted by atomic mass is 9.92. The van der Waals surface area contributed by atoms with Gasteiger partial charge in [-0.3, -0.25) is 10.1 Å². The molecule has 0 aromatic heterocycles. The Morgan fingerprint density at radius 2 is 2.11 bits per heavy atom. The van der Waals surface area contributed by atoms with Gasteiger partial charge in [0.1, 0.15) is 5.69 Å². The molecule has 0 bridgehead atoms. The van der Waals surface area contributed by atoms with Gasteiger partial charge in [-0.25, -0.2) is 0 Å². The van der Waals surface area contributed by atoms with Crippen LogP contribution in [0.4, 0.5) is 17.1 Å². The molecular weight excluding hydrogens is 242 g/mol. The molecule has 0 radical (unpaired) electrons. The lowest BCUT2D eigenvalue weighted by molar-refractivity contribution is -0.383. The second-order valence-corrected chi connectivity index (χ2v) is 5.22. The first kappa shape index (κ1) is 13.6. The Hall–Kier alpha value is -1.78. The quantitative estimate of drug-likeness (QED) is 0.514. The van der Waals surface area contributed by atoms with Crippen LogP contribution in [0.2, 0.25) is 0 Å². The normalized spacial score (nSPS) is 16.6. The van der Waals surface area contributed by atoms with Crippen LogP contribution in [0.5, 0.6) is 0 Å². The lowest BCUT2D eigenvalue weighted by Gasteiger charge is -2.33. The largest absolute Gasteiger partial charge is 0.393 e. The minimum Gasteiger partial charge on any atom is -0.393 e. The van der Waals surface area contributed by atoms with E-state index in [1.54, 1.807) is 12.1 Å². The molecule has 104 valence electrons. The Balaban J connectivity index is 2.04. The zero-order valence-electron chi connectivity index (χ0n) is 11.3. The van der Waals surface area contributed by atoms with E-state index >= 15 is 0 Å². The summed E-state index contributed by atoms with van der Waals surface area (Å²) < 4.78 is 0. The highest BCUT2D eigenvalue weighted by Gasteiger charge is 2.20. The molecule has 19 heavy (non-hydrogen) atoms. The van der Waals surface area contributed by atoms with Crippen molar-refractivity contribution < 1.29 is 4.92 Å². The second kappa shape index (κ2) is 5.91. The first-order valence-corrected chi connectivity index (χ1v) is 6.90. The molecule has 1 aliphatic heterocycles. The van der Waals surface area contributed by atoms with Crippen LogP contribution in [-0.2, 0) is 0 Å². The summed E-state index contributed by atoms with van der Waals surface area (Å²) in [6, 6.07) is 5.02. The van der Waals surface area contributed by atoms with Gasteiger partial charge in [-0.15, -0.1) is 0 Å². The fourth-order valence-corrected chi connectivity index (χ4v) is 2.79. The van der Waals surface area contributed by atoms with E-state index < -0.39 is 4.92 Å². The molecular formula is C14H21N3O2. The molecule has 0 aliphatic carbocycles. The Morgan fingerprint density at radius 3 is 2.63 bits per heavy atom. The Bertz CT molecular complexity index is 454. The highest BCUT2D eigenvalue weighted by Crippen LogP contribution is 2.30. The summed E-state index contributed by atoms with van der Waals surface area (Å²) in [6.07, 6.45) is 4.95. The predicted molar refractivity (Wildman–Crippen MR) is 77.4 cm³/mol. The van der Waals surface area contributed by atoms with Crippen LogP contribution in [0.25, 0.3) is 0 Å². The molecule has 0 unspecified atom stereocenters. The van der Waals surface area contributed by atoms with Crippen molar-refractivity contribution in [1.82, 2.24) is 0 Å². The summed E-state index contributed by atoms with van der Waals surface area (Å²) in [4.78, 5) is 12.6. The highest BCUT2D eigenvalue weighted by molar-refractivity contribution is 5.66. The second-order valence-electron chi connectivity index (χ2n) is 5.22. The van der Waals surface area contributed by atoms with Crippen molar-refractivity contribution in [2.45, 2.75) is 32.6 Å². The maximum absolute atomic E-state index is 10.7. The van der Waals surface area contributed by atoms with Gasteiger partial charge in [-0.2, -0.15) is 0 Å². The minimum absolute atomic E-state index is 0.00961. The van der Waals surface area contributed by atoms with Gasteiger partial charge >= 0.3 is 0 Å². The average molecular weight is 263 g/mol. The maximum Gasteiger partial charge on any atom is 0.292 e. The number of benzene rings is 1. The van der Waals surface area contributed by atoms with Crippen molar-refractivity contribution >= 4 is 17.1 Å². The zero-order valence-corrected chi connectivity index (χ0v) is 11.3. The van der Waals surface area contributed by atoms with Gasteiger partial charge < -0.3 is 10.6 Å². The third-order valence-electron chi connectivity index (χ3n) is 3.88. The molecule has 0 atom stereocenters. The van der Waals surface area contributed by atoms with Crippen LogP contribution in [0.1, 0.15) is 32.6 Å². The molecule has 2 rings (SSSR count). The number of hydrogen-bond donors (Lipinski definition) is 1. The number of hydrogen-bond acceptors (Lipinski definition) is 4. The number of nitrogens with zero attached hydrogens (tertiary/aromatic N) is 2. The molecule has 2 N–H and O–H groups in total. The average Bonchev–Trinajstić information content (AvgIpc) is 2.39. The molecule has 5 heteroatoms. The molecule has 0 saturated carbocycles. The molecule has 1 fully saturated rings. The fraction of sp³-hybridized carbons (Fsp3) is 0.571. The van der Waals surface area contributed by atoms with Crippen LogP contribution in [0.3, 0.4) is 0 Å². The molecule has 0 amide bonds. The summed E-state index contributed by atoms with van der Waals surface area (Å²) in [6.45, 7) is 4.26. The van der Waals surface area contributed by atoms with Gasteiger partial charge in [-0.1, -0.05) is 19.8 Å². The van der Waals surface area contributed by atoms with Crippen molar-refractivity contribution in [2.24, 2.45) is 5.92 Å². The third kappa shape index (κ3) is 3.16. The van der Waals surface area contributed by atoms with E-state index in [0.29, 0.717) is 0 Å². The summed E-state index contributed by atoms with van der Waals surface area (Å²) >= 11 is 0. The van der Waals surface area contributed by atoms with E-state index in [1.165, 1.54) is 31.7 Å². The Morgan fingerprint density at radius 1 is 1.42 bits per heavy atom. The zero-order chi connectivity index (χ0) is 13.8. The molecule has 1 aromatic carbocycles. The molecule has 0 spiro atoms. The van der Waals surface area contributed by atoms with E-state index in [-0.39, 0.29) is 11.4 Å². The topological polar surface area (TPSA) is 72.4 Å². The lowest BCUT2D eigenvalue weighted by Crippen LogP contribution is -2.33. The summed E-state index contributed by atoms with van der Waals surface area (Å²) in [5, 5.41) is 10.7. The van der Waals surface area contributed by atoms with Gasteiger partial charge in [0, 0.05) is 24.8 Å². The first-order valence-electron chi connectivity index (χ1n) is 6.90. The van der Waals surface area contributed by atoms with Crippen molar-refractivity contribution in [2.75, 3.05) is 23.7 Å². The van der Waals surface area contributed by atoms with Crippen molar-refractivity contribution in [1.29, 1.82) is 0 Å². The number of piperidine rings is 1. The molecule has 5 nitrogen and oxygen atoms in total. The molecule has 1 heterocycles. The van der Waals surface area contributed by atoms with Gasteiger partial charge in [0.2, 0.25) is 0 Å². The van der Waals surface area contributed by atoms with E-state index in [2.05, 4.69) is 11.8 Å². The third-order valence-corrected chi connectivity index (χ3v) is 3.88. The Kier molecular flexibility index (Phi) is 4.24. The maximum atomic E-state index is 10.7. The standard InChI is InChI=1S/C14H21N3O2/c1-2-3-11-6-8-16(9-7-11)12-4-5-14(17(18)19)13(15)10-12/h4-5,10-11H,2-3,6-9,15H2,1H3. The van der Waals surface area contributed by atoms with E-state index in [1.807, 2.05) is 0 Å². The number of nitro benzene ring substituents is 1. The summed E-state index contributed by atoms with van der Waals surface area (Å²) in [5.41, 5.74) is 6.97. The number of anilines is 2. The molecule has 1 aromatic rings. The first-order chi connectivity index (χ1) is 9.11. The number of nitrogens with two attached hydrogens (primary N) is 1. The number of nitrogen functional groups attached to an aromatic ring is 1. The fourth-order valence-electron chi connectivity index (χ4n) is 2.79. The number of rotatable bonds is 4. The van der Waals surface area contributed by atoms with E-state index in [4.69, 9.17) is 5.73 Å². The SMILES string of the molecule is CCCC1CCN(c2ccc([N+](=O)[O-])c(N)c2)CC1. The minimum atomic E-state index is -0.438. The van der Waals surface area contributed by atoms with Gasteiger partial charge in [0.05, 0.1) is 4.92 Å². The summed E-state index contributed by atoms with van der Waals surface area (Å²) in [5.74, 6) is 0.830. The summed E-state index contributed by atoms with van der Waals surface area (Å²) in [7, 11) is 0. The van der Waals surface area contributed by atoms with Crippen molar-refractivity contribution in [3.63, 3.8) is 0 Å². The van der Waals surface area contributed by atoms with Crippen LogP contribution < -0.4 is 10.6 Å². The van der Waals surface area contributed by atoms with Crippen LogP contribution in [0, 0.1) is 16.0 Å². The van der Waals surface area contributed by atoms with Crippen LogP contribution in [-0.4, -0.2) is 18.0 Å². The molecule has 1 aliphatic rings. The van der Waals surface area contributed by atoms with Crippen molar-refractivity contribution in [3.05, 3.63) is 28.3 Å². The molecule has 1 saturated heterocycles. The predicted octanol–water partition coefficient (Wildman–Crippen LogP) is 3.19. The van der Waals surface area contributed by atoms with Gasteiger partial charge in [0.15, 0.2) is 0 Å². The van der Waals surface area contributed by atoms with Gasteiger partial charge in [0.25, 0.3) is 5.69 Å². The monoisotopic (exact) mass is 263 g/mol. The number of nitro groups is 1. The van der Waals surface area contributed by atoms with Gasteiger partial charge in [-0.05, 0) is 30.9 Å².